The molecule has 8 nitrogen and oxygen atoms in total. The van der Waals surface area contributed by atoms with Gasteiger partial charge in [-0.2, -0.15) is 4.31 Å². The van der Waals surface area contributed by atoms with E-state index >= 15 is 0 Å². The molecule has 9 heteroatoms. The Morgan fingerprint density at radius 2 is 0.983 bits per heavy atom. The highest BCUT2D eigenvalue weighted by molar-refractivity contribution is 7.89. The van der Waals surface area contributed by atoms with E-state index in [0.717, 1.165) is 64.2 Å². The third kappa shape index (κ3) is 23.9. The Hall–Kier alpha value is -2.59. The van der Waals surface area contributed by atoms with E-state index in [1.807, 2.05) is 0 Å². The van der Waals surface area contributed by atoms with Crippen molar-refractivity contribution in [3.8, 4) is 0 Å². The second-order valence-corrected chi connectivity index (χ2v) is 18.3. The average Bonchev–Trinajstić information content (AvgIpc) is 3.20. The first-order valence-electron chi connectivity index (χ1n) is 23.4. The number of hydrogen-bond acceptors (Lipinski definition) is 6. The van der Waals surface area contributed by atoms with Crippen LogP contribution in [0.4, 0.5) is 5.69 Å². The van der Waals surface area contributed by atoms with Crippen LogP contribution in [0.3, 0.4) is 0 Å². The molecule has 0 aromatic heterocycles. The number of benzene rings is 1. The van der Waals surface area contributed by atoms with E-state index in [4.69, 9.17) is 9.47 Å². The lowest BCUT2D eigenvalue weighted by molar-refractivity contribution is -0.387. The third-order valence-corrected chi connectivity index (χ3v) is 13.1. The van der Waals surface area contributed by atoms with Crippen molar-refractivity contribution in [3.05, 3.63) is 83.0 Å². The molecule has 0 radical (unpaired) electrons. The predicted molar refractivity (Wildman–Crippen MR) is 244 cm³/mol. The Bertz CT molecular complexity index is 1340. The zero-order valence-electron chi connectivity index (χ0n) is 36.8. The fraction of sp³-hybridized carbons (Fsp3) is 0.714. The molecule has 1 aromatic carbocycles. The largest absolute Gasteiger partial charge is 0.381 e. The second-order valence-electron chi connectivity index (χ2n) is 16.4. The van der Waals surface area contributed by atoms with Crippen molar-refractivity contribution in [2.45, 2.75) is 186 Å². The quantitative estimate of drug-likeness (QED) is 0.0284. The highest BCUT2D eigenvalue weighted by atomic mass is 32.2. The monoisotopic (exact) mass is 827 g/mol. The van der Waals surface area contributed by atoms with Gasteiger partial charge in [0.05, 0.1) is 4.92 Å². The summed E-state index contributed by atoms with van der Waals surface area (Å²) in [4.78, 5) is 10.7. The van der Waals surface area contributed by atoms with Crippen LogP contribution >= 0.6 is 0 Å². The molecule has 1 aromatic rings. The molecule has 0 N–H and O–H groups in total. The first-order valence-corrected chi connectivity index (χ1v) is 24.8. The van der Waals surface area contributed by atoms with Crippen LogP contribution in [-0.4, -0.2) is 57.2 Å². The number of rotatable bonds is 39. The summed E-state index contributed by atoms with van der Waals surface area (Å²) in [6.45, 7) is 7.71. The molecule has 1 fully saturated rings. The van der Waals surface area contributed by atoms with Gasteiger partial charge >= 0.3 is 0 Å². The summed E-state index contributed by atoms with van der Waals surface area (Å²) in [5, 5.41) is 11.6. The first-order chi connectivity index (χ1) is 28.4. The van der Waals surface area contributed by atoms with Gasteiger partial charge in [0.25, 0.3) is 5.69 Å². The number of nitrogens with zero attached hydrogens (tertiary/aromatic N) is 2. The Morgan fingerprint density at radius 1 is 0.586 bits per heavy atom. The molecule has 1 aliphatic heterocycles. The van der Waals surface area contributed by atoms with Gasteiger partial charge in [0.2, 0.25) is 10.0 Å². The molecule has 0 aliphatic carbocycles. The molecule has 2 rings (SSSR count). The molecular weight excluding hydrogens is 745 g/mol. The Morgan fingerprint density at radius 3 is 1.41 bits per heavy atom. The minimum Gasteiger partial charge on any atom is -0.381 e. The summed E-state index contributed by atoms with van der Waals surface area (Å²) in [7, 11) is -3.98. The maximum absolute atomic E-state index is 13.5. The van der Waals surface area contributed by atoms with E-state index in [-0.39, 0.29) is 16.0 Å². The molecule has 0 atom stereocenters. The standard InChI is InChI=1S/C49H82N2O6S/c1-3-5-7-9-11-13-15-17-19-21-23-25-27-29-31-35-41-56-43-39-49(45-50(46-49)58(54,55)48-38-34-33-37-47(48)51(52)53)40-44-57-42-36-32-30-28-26-24-22-20-18-16-14-12-10-8-6-4-2/h11-14,17-20,33-34,37-38H,3-10,15-16,21-32,35-36,39-46H2,1-2H3/b13-11-,14-12-,19-17-,20-18-. The lowest BCUT2D eigenvalue weighted by Crippen LogP contribution is -2.59. The van der Waals surface area contributed by atoms with E-state index in [1.165, 1.54) is 131 Å². The average molecular weight is 827 g/mol. The van der Waals surface area contributed by atoms with Gasteiger partial charge < -0.3 is 9.47 Å². The van der Waals surface area contributed by atoms with Crippen molar-refractivity contribution < 1.29 is 22.8 Å². The lowest BCUT2D eigenvalue weighted by atomic mass is 9.76. The molecule has 0 spiro atoms. The number of para-hydroxylation sites is 1. The fourth-order valence-electron chi connectivity index (χ4n) is 7.44. The molecule has 1 aliphatic rings. The number of nitro benzene ring substituents is 1. The van der Waals surface area contributed by atoms with Crippen molar-refractivity contribution in [1.29, 1.82) is 0 Å². The molecule has 0 bridgehead atoms. The molecule has 0 saturated carbocycles. The molecule has 1 heterocycles. The van der Waals surface area contributed by atoms with Crippen LogP contribution in [-0.2, 0) is 19.5 Å². The Kier molecular flexibility index (Phi) is 30.4. The number of sulfonamides is 1. The molecule has 0 unspecified atom stereocenters. The summed E-state index contributed by atoms with van der Waals surface area (Å²) in [5.41, 5.74) is -0.636. The third-order valence-electron chi connectivity index (χ3n) is 11.2. The van der Waals surface area contributed by atoms with Gasteiger partial charge in [0.1, 0.15) is 0 Å². The molecule has 1 saturated heterocycles. The van der Waals surface area contributed by atoms with Crippen molar-refractivity contribution in [2.75, 3.05) is 39.5 Å². The fourth-order valence-corrected chi connectivity index (χ4v) is 9.27. The predicted octanol–water partition coefficient (Wildman–Crippen LogP) is 14.0. The number of ether oxygens (including phenoxy) is 2. The van der Waals surface area contributed by atoms with Gasteiger partial charge in [0, 0.05) is 51.0 Å². The van der Waals surface area contributed by atoms with Crippen molar-refractivity contribution in [2.24, 2.45) is 5.41 Å². The molecule has 58 heavy (non-hydrogen) atoms. The SMILES string of the molecule is CCCCC/C=C\C/C=C\CCCCCCCCOCCC1(CCOCCCCCCCC/C=C\C/C=C\CCCCC)CN(S(=O)(=O)c2ccccc2[N+](=O)[O-])C1. The summed E-state index contributed by atoms with van der Waals surface area (Å²) in [5.74, 6) is 0. The highest BCUT2D eigenvalue weighted by Gasteiger charge is 2.49. The minimum atomic E-state index is -3.98. The van der Waals surface area contributed by atoms with E-state index < -0.39 is 14.9 Å². The van der Waals surface area contributed by atoms with E-state index in [2.05, 4.69) is 62.5 Å². The van der Waals surface area contributed by atoms with Crippen LogP contribution in [0.25, 0.3) is 0 Å². The van der Waals surface area contributed by atoms with Gasteiger partial charge in [0.15, 0.2) is 4.90 Å². The number of allylic oxidation sites excluding steroid dienone is 8. The molecule has 0 amide bonds. The number of nitro groups is 1. The van der Waals surface area contributed by atoms with E-state index in [9.17, 15) is 18.5 Å². The Labute approximate surface area is 355 Å². The first kappa shape index (κ1) is 51.6. The van der Waals surface area contributed by atoms with Crippen LogP contribution in [0.2, 0.25) is 0 Å². The van der Waals surface area contributed by atoms with Gasteiger partial charge in [-0.1, -0.05) is 152 Å². The summed E-state index contributed by atoms with van der Waals surface area (Å²) >= 11 is 0. The minimum absolute atomic E-state index is 0.240. The zero-order chi connectivity index (χ0) is 41.8. The maximum atomic E-state index is 13.5. The van der Waals surface area contributed by atoms with Gasteiger partial charge in [-0.15, -0.1) is 0 Å². The van der Waals surface area contributed by atoms with Crippen molar-refractivity contribution >= 4 is 15.7 Å². The Balaban J connectivity index is 1.63. The molecule has 330 valence electrons. The van der Waals surface area contributed by atoms with Crippen LogP contribution in [0.1, 0.15) is 181 Å². The lowest BCUT2D eigenvalue weighted by Gasteiger charge is -2.49. The van der Waals surface area contributed by atoms with Gasteiger partial charge in [-0.3, -0.25) is 10.1 Å². The van der Waals surface area contributed by atoms with Crippen LogP contribution < -0.4 is 0 Å². The normalized spacial score (nSPS) is 14.8. The smallest absolute Gasteiger partial charge is 0.289 e. The van der Waals surface area contributed by atoms with E-state index in [0.29, 0.717) is 39.5 Å². The zero-order valence-corrected chi connectivity index (χ0v) is 37.6. The number of unbranched alkanes of at least 4 members (excludes halogenated alkanes) is 18. The van der Waals surface area contributed by atoms with Crippen LogP contribution in [0.5, 0.6) is 0 Å². The van der Waals surface area contributed by atoms with Crippen LogP contribution in [0, 0.1) is 15.5 Å². The summed E-state index contributed by atoms with van der Waals surface area (Å²) < 4.78 is 40.5. The second kappa shape index (κ2) is 34.2. The topological polar surface area (TPSA) is 99.0 Å². The van der Waals surface area contributed by atoms with E-state index in [1.54, 1.807) is 0 Å². The maximum Gasteiger partial charge on any atom is 0.289 e. The summed E-state index contributed by atoms with van der Waals surface area (Å²) in [6, 6.07) is 5.62. The van der Waals surface area contributed by atoms with Crippen molar-refractivity contribution in [3.63, 3.8) is 0 Å². The van der Waals surface area contributed by atoms with Gasteiger partial charge in [-0.05, 0) is 96.0 Å². The van der Waals surface area contributed by atoms with Crippen molar-refractivity contribution in [1.82, 2.24) is 4.31 Å². The van der Waals surface area contributed by atoms with Gasteiger partial charge in [-0.25, -0.2) is 8.42 Å². The number of hydrogen-bond donors (Lipinski definition) is 0. The molecular formula is C49H82N2O6S. The highest BCUT2D eigenvalue weighted by Crippen LogP contribution is 2.42. The van der Waals surface area contributed by atoms with Crippen LogP contribution in [0.15, 0.2) is 77.8 Å². The summed E-state index contributed by atoms with van der Waals surface area (Å²) in [6.07, 6.45) is 49.0.